The molecule has 0 aliphatic heterocycles. The fourth-order valence-electron chi connectivity index (χ4n) is 1.08. The predicted octanol–water partition coefficient (Wildman–Crippen LogP) is 0.0895. The molecule has 1 aromatic heterocycles. The van der Waals surface area contributed by atoms with E-state index in [0.29, 0.717) is 13.0 Å². The number of hydrogen-bond donors (Lipinski definition) is 3. The van der Waals surface area contributed by atoms with Crippen LogP contribution < -0.4 is 11.1 Å². The van der Waals surface area contributed by atoms with Crippen LogP contribution in [0.1, 0.15) is 6.42 Å². The minimum absolute atomic E-state index is 0.0882. The predicted molar refractivity (Wildman–Crippen MR) is 59.0 cm³/mol. The molecule has 1 atom stereocenters. The molecule has 0 saturated heterocycles. The van der Waals surface area contributed by atoms with Gasteiger partial charge in [0.15, 0.2) is 11.6 Å². The van der Waals surface area contributed by atoms with E-state index < -0.39 is 11.9 Å². The maximum absolute atomic E-state index is 11.5. The van der Waals surface area contributed by atoms with Crippen molar-refractivity contribution in [3.8, 4) is 5.75 Å². The maximum atomic E-state index is 11.5. The lowest BCUT2D eigenvalue weighted by atomic mass is 10.2. The second-order valence-electron chi connectivity index (χ2n) is 3.25. The first-order valence-corrected chi connectivity index (χ1v) is 4.84. The summed E-state index contributed by atoms with van der Waals surface area (Å²) in [6.45, 7) is 0.406. The largest absolute Gasteiger partial charge is 0.504 e. The van der Waals surface area contributed by atoms with Crippen molar-refractivity contribution in [1.82, 2.24) is 4.98 Å². The van der Waals surface area contributed by atoms with Gasteiger partial charge in [-0.3, -0.25) is 4.79 Å². The number of nitrogens with two attached hydrogens (primary N) is 1. The van der Waals surface area contributed by atoms with Crippen molar-refractivity contribution in [2.75, 3.05) is 19.0 Å². The van der Waals surface area contributed by atoms with Gasteiger partial charge in [-0.05, 0) is 18.6 Å². The molecule has 1 unspecified atom stereocenters. The summed E-state index contributed by atoms with van der Waals surface area (Å²) >= 11 is 0. The van der Waals surface area contributed by atoms with E-state index in [1.165, 1.54) is 19.4 Å². The van der Waals surface area contributed by atoms with Crippen LogP contribution in [0, 0.1) is 0 Å². The number of nitrogens with zero attached hydrogens (tertiary/aromatic N) is 1. The molecule has 0 fully saturated rings. The Balaban J connectivity index is 2.54. The van der Waals surface area contributed by atoms with Crippen molar-refractivity contribution in [2.24, 2.45) is 5.73 Å². The summed E-state index contributed by atoms with van der Waals surface area (Å²) in [5, 5.41) is 11.8. The van der Waals surface area contributed by atoms with Crippen molar-refractivity contribution in [3.05, 3.63) is 18.3 Å². The Morgan fingerprint density at radius 3 is 3.12 bits per heavy atom. The van der Waals surface area contributed by atoms with E-state index in [1.54, 1.807) is 6.07 Å². The van der Waals surface area contributed by atoms with Crippen LogP contribution in [0.5, 0.6) is 5.75 Å². The monoisotopic (exact) mass is 225 g/mol. The van der Waals surface area contributed by atoms with Crippen LogP contribution in [-0.2, 0) is 9.53 Å². The Morgan fingerprint density at radius 1 is 1.75 bits per heavy atom. The minimum Gasteiger partial charge on any atom is -0.504 e. The molecule has 0 saturated carbocycles. The number of nitrogens with one attached hydrogen (secondary N) is 1. The van der Waals surface area contributed by atoms with Crippen LogP contribution in [-0.4, -0.2) is 35.8 Å². The Kier molecular flexibility index (Phi) is 4.68. The van der Waals surface area contributed by atoms with Gasteiger partial charge in [-0.1, -0.05) is 0 Å². The van der Waals surface area contributed by atoms with Gasteiger partial charge in [-0.2, -0.15) is 0 Å². The highest BCUT2D eigenvalue weighted by Gasteiger charge is 2.14. The summed E-state index contributed by atoms with van der Waals surface area (Å²) in [5.74, 6) is -0.374. The number of carbonyl (C=O) groups excluding carboxylic acids is 1. The highest BCUT2D eigenvalue weighted by atomic mass is 16.5. The van der Waals surface area contributed by atoms with Gasteiger partial charge in [0.25, 0.3) is 0 Å². The van der Waals surface area contributed by atoms with E-state index in [4.69, 9.17) is 10.5 Å². The summed E-state index contributed by atoms with van der Waals surface area (Å²) in [4.78, 5) is 15.3. The molecule has 4 N–H and O–H groups in total. The van der Waals surface area contributed by atoms with E-state index in [0.717, 1.165) is 0 Å². The molecular weight excluding hydrogens is 210 g/mol. The highest BCUT2D eigenvalue weighted by molar-refractivity contribution is 5.94. The van der Waals surface area contributed by atoms with E-state index >= 15 is 0 Å². The highest BCUT2D eigenvalue weighted by Crippen LogP contribution is 2.18. The second-order valence-corrected chi connectivity index (χ2v) is 3.25. The summed E-state index contributed by atoms with van der Waals surface area (Å²) in [7, 11) is 1.54. The standard InChI is InChI=1S/C10H15N3O3/c1-16-6-4-7(11)10(15)13-9-8(14)3-2-5-12-9/h2-3,5,7,14H,4,6,11H2,1H3,(H,12,13,15). The molecule has 0 radical (unpaired) electrons. The third-order valence-electron chi connectivity index (χ3n) is 2.00. The number of aromatic hydroxyl groups is 1. The Bertz CT molecular complexity index is 357. The summed E-state index contributed by atoms with van der Waals surface area (Å²) < 4.78 is 4.81. The molecule has 1 aromatic rings. The van der Waals surface area contributed by atoms with Crippen molar-refractivity contribution >= 4 is 11.7 Å². The first-order valence-electron chi connectivity index (χ1n) is 4.84. The van der Waals surface area contributed by atoms with Crippen LogP contribution in [0.15, 0.2) is 18.3 Å². The van der Waals surface area contributed by atoms with Gasteiger partial charge >= 0.3 is 0 Å². The zero-order valence-corrected chi connectivity index (χ0v) is 9.01. The van der Waals surface area contributed by atoms with Gasteiger partial charge in [0.2, 0.25) is 5.91 Å². The van der Waals surface area contributed by atoms with Gasteiger partial charge < -0.3 is 20.9 Å². The molecule has 1 rings (SSSR count). The molecule has 6 heteroatoms. The number of anilines is 1. The molecule has 0 bridgehead atoms. The molecule has 16 heavy (non-hydrogen) atoms. The van der Waals surface area contributed by atoms with Crippen molar-refractivity contribution in [2.45, 2.75) is 12.5 Å². The Labute approximate surface area is 93.4 Å². The fraction of sp³-hybridized carbons (Fsp3) is 0.400. The third-order valence-corrected chi connectivity index (χ3v) is 2.00. The average Bonchev–Trinajstić information content (AvgIpc) is 2.28. The van der Waals surface area contributed by atoms with Crippen LogP contribution in [0.2, 0.25) is 0 Å². The number of hydrogen-bond acceptors (Lipinski definition) is 5. The number of carbonyl (C=O) groups is 1. The lowest BCUT2D eigenvalue weighted by Gasteiger charge is -2.11. The van der Waals surface area contributed by atoms with E-state index in [9.17, 15) is 9.90 Å². The van der Waals surface area contributed by atoms with E-state index in [1.807, 2.05) is 0 Å². The van der Waals surface area contributed by atoms with Gasteiger partial charge in [-0.15, -0.1) is 0 Å². The first-order chi connectivity index (χ1) is 7.65. The van der Waals surface area contributed by atoms with Gasteiger partial charge in [0.05, 0.1) is 6.04 Å². The minimum atomic E-state index is -0.679. The maximum Gasteiger partial charge on any atom is 0.242 e. The molecule has 88 valence electrons. The smallest absolute Gasteiger partial charge is 0.242 e. The number of methoxy groups -OCH3 is 1. The number of rotatable bonds is 5. The van der Waals surface area contributed by atoms with Gasteiger partial charge in [-0.25, -0.2) is 4.98 Å². The third kappa shape index (κ3) is 3.48. The fourth-order valence-corrected chi connectivity index (χ4v) is 1.08. The molecule has 0 aliphatic carbocycles. The quantitative estimate of drug-likeness (QED) is 0.659. The topological polar surface area (TPSA) is 97.5 Å². The average molecular weight is 225 g/mol. The van der Waals surface area contributed by atoms with Crippen molar-refractivity contribution < 1.29 is 14.6 Å². The Hall–Kier alpha value is -1.66. The zero-order chi connectivity index (χ0) is 12.0. The lowest BCUT2D eigenvalue weighted by Crippen LogP contribution is -2.36. The Morgan fingerprint density at radius 2 is 2.50 bits per heavy atom. The zero-order valence-electron chi connectivity index (χ0n) is 9.01. The summed E-state index contributed by atoms with van der Waals surface area (Å²) in [5.41, 5.74) is 5.60. The van der Waals surface area contributed by atoms with E-state index in [2.05, 4.69) is 10.3 Å². The SMILES string of the molecule is COCCC(N)C(=O)Nc1ncccc1O. The van der Waals surface area contributed by atoms with Crippen molar-refractivity contribution in [1.29, 1.82) is 0 Å². The number of pyridine rings is 1. The number of aromatic nitrogens is 1. The molecule has 0 spiro atoms. The first kappa shape index (κ1) is 12.4. The number of ether oxygens (including phenoxy) is 1. The van der Waals surface area contributed by atoms with Crippen LogP contribution in [0.4, 0.5) is 5.82 Å². The van der Waals surface area contributed by atoms with Gasteiger partial charge in [0.1, 0.15) is 0 Å². The van der Waals surface area contributed by atoms with E-state index in [-0.39, 0.29) is 11.6 Å². The van der Waals surface area contributed by atoms with Crippen molar-refractivity contribution in [3.63, 3.8) is 0 Å². The molecule has 0 aliphatic rings. The molecule has 0 aromatic carbocycles. The summed E-state index contributed by atoms with van der Waals surface area (Å²) in [6, 6.07) is 2.32. The second kappa shape index (κ2) is 6.04. The number of amides is 1. The van der Waals surface area contributed by atoms with Gasteiger partial charge in [0, 0.05) is 19.9 Å². The van der Waals surface area contributed by atoms with Crippen LogP contribution in [0.25, 0.3) is 0 Å². The van der Waals surface area contributed by atoms with Crippen LogP contribution in [0.3, 0.4) is 0 Å². The molecule has 1 amide bonds. The molecular formula is C10H15N3O3. The lowest BCUT2D eigenvalue weighted by molar-refractivity contribution is -0.117. The molecule has 1 heterocycles. The molecule has 6 nitrogen and oxygen atoms in total. The summed E-state index contributed by atoms with van der Waals surface area (Å²) in [6.07, 6.45) is 1.88. The van der Waals surface area contributed by atoms with Crippen LogP contribution >= 0.6 is 0 Å². The normalized spacial score (nSPS) is 12.1.